The fourth-order valence-corrected chi connectivity index (χ4v) is 2.88. The van der Waals surface area contributed by atoms with E-state index in [1.807, 2.05) is 6.07 Å². The minimum atomic E-state index is -1.43. The quantitative estimate of drug-likeness (QED) is 0.424. The van der Waals surface area contributed by atoms with Gasteiger partial charge in [-0.05, 0) is 59.2 Å². The van der Waals surface area contributed by atoms with Crippen molar-refractivity contribution in [3.8, 4) is 18.4 Å². The summed E-state index contributed by atoms with van der Waals surface area (Å²) in [5, 5.41) is 24.3. The Morgan fingerprint density at radius 2 is 1.73 bits per heavy atom. The highest BCUT2D eigenvalue weighted by atomic mass is 16.6. The van der Waals surface area contributed by atoms with Crippen molar-refractivity contribution in [2.45, 2.75) is 64.8 Å². The topological polar surface area (TPSA) is 132 Å². The predicted molar refractivity (Wildman–Crippen MR) is 123 cm³/mol. The number of terminal acetylenes is 1. The number of hydrogen-bond acceptors (Lipinski definition) is 6. The first-order valence-corrected chi connectivity index (χ1v) is 10.4. The highest BCUT2D eigenvalue weighted by Gasteiger charge is 2.37. The van der Waals surface area contributed by atoms with Gasteiger partial charge in [-0.2, -0.15) is 5.26 Å². The molecule has 3 amide bonds. The van der Waals surface area contributed by atoms with Crippen molar-refractivity contribution in [3.05, 3.63) is 35.4 Å². The van der Waals surface area contributed by atoms with Crippen molar-refractivity contribution in [1.82, 2.24) is 15.5 Å². The van der Waals surface area contributed by atoms with Gasteiger partial charge < -0.3 is 25.4 Å². The van der Waals surface area contributed by atoms with E-state index in [-0.39, 0.29) is 0 Å². The van der Waals surface area contributed by atoms with E-state index in [1.54, 1.807) is 65.8 Å². The lowest BCUT2D eigenvalue weighted by molar-refractivity contribution is -0.143. The summed E-state index contributed by atoms with van der Waals surface area (Å²) in [5.41, 5.74) is -0.464. The Bertz CT molecular complexity index is 930. The molecule has 2 atom stereocenters. The van der Waals surface area contributed by atoms with Gasteiger partial charge in [0, 0.05) is 11.1 Å². The fourth-order valence-electron chi connectivity index (χ4n) is 2.88. The maximum absolute atomic E-state index is 13.3. The van der Waals surface area contributed by atoms with Gasteiger partial charge in [-0.1, -0.05) is 18.1 Å². The summed E-state index contributed by atoms with van der Waals surface area (Å²) in [7, 11) is 0. The van der Waals surface area contributed by atoms with Crippen molar-refractivity contribution < 1.29 is 24.2 Å². The normalized spacial score (nSPS) is 13.0. The zero-order chi connectivity index (χ0) is 25.4. The third-order valence-corrected chi connectivity index (χ3v) is 4.15. The summed E-state index contributed by atoms with van der Waals surface area (Å²) in [6.45, 7) is 9.06. The second-order valence-electron chi connectivity index (χ2n) is 9.41. The van der Waals surface area contributed by atoms with Crippen LogP contribution in [0.15, 0.2) is 24.3 Å². The highest BCUT2D eigenvalue weighted by Crippen LogP contribution is 2.24. The number of alkyl carbamates (subject to hydrolysis) is 1. The number of nitriles is 1. The molecule has 1 aromatic carbocycles. The van der Waals surface area contributed by atoms with Crippen LogP contribution in [0.5, 0.6) is 0 Å². The molecule has 1 rings (SSSR count). The van der Waals surface area contributed by atoms with Crippen LogP contribution in [-0.4, -0.2) is 58.2 Å². The molecule has 0 radical (unpaired) electrons. The van der Waals surface area contributed by atoms with Crippen molar-refractivity contribution in [2.75, 3.05) is 13.2 Å². The average Bonchev–Trinajstić information content (AvgIpc) is 2.69. The molecular weight excluding hydrogens is 424 g/mol. The summed E-state index contributed by atoms with van der Waals surface area (Å²) in [4.78, 5) is 39.7. The standard InChI is InChI=1S/C24H32N4O5/c1-8-16-9-11-17(12-10-16)19(20(30)27-23(2,3)4)28(14-13-25)21(31)18(15-29)26-22(32)33-24(5,6)7/h1,9-12,18-19,29H,14-15H2,2-7H3,(H,26,32)(H,27,30). The number of hydrogen-bond donors (Lipinski definition) is 3. The number of rotatable bonds is 7. The van der Waals surface area contributed by atoms with E-state index in [0.717, 1.165) is 4.90 Å². The first-order valence-electron chi connectivity index (χ1n) is 10.4. The Labute approximate surface area is 195 Å². The Morgan fingerprint density at radius 1 is 1.15 bits per heavy atom. The van der Waals surface area contributed by atoms with E-state index in [0.29, 0.717) is 11.1 Å². The molecule has 3 N–H and O–H groups in total. The van der Waals surface area contributed by atoms with E-state index < -0.39 is 54.3 Å². The monoisotopic (exact) mass is 456 g/mol. The third-order valence-electron chi connectivity index (χ3n) is 4.15. The number of amides is 3. The van der Waals surface area contributed by atoms with Crippen LogP contribution >= 0.6 is 0 Å². The maximum Gasteiger partial charge on any atom is 0.408 e. The van der Waals surface area contributed by atoms with Gasteiger partial charge in [-0.25, -0.2) is 4.79 Å². The molecule has 0 saturated heterocycles. The van der Waals surface area contributed by atoms with Crippen molar-refractivity contribution in [1.29, 1.82) is 5.26 Å². The minimum absolute atomic E-state index is 0.410. The molecule has 0 aromatic heterocycles. The van der Waals surface area contributed by atoms with Crippen LogP contribution in [-0.2, 0) is 14.3 Å². The third kappa shape index (κ3) is 8.83. The number of carbonyl (C=O) groups excluding carboxylic acids is 3. The molecule has 0 heterocycles. The Kier molecular flexibility index (Phi) is 9.45. The van der Waals surface area contributed by atoms with Crippen molar-refractivity contribution >= 4 is 17.9 Å². The van der Waals surface area contributed by atoms with Crippen LogP contribution in [0.25, 0.3) is 0 Å². The lowest BCUT2D eigenvalue weighted by Gasteiger charge is -2.34. The van der Waals surface area contributed by atoms with Crippen LogP contribution in [0.4, 0.5) is 4.79 Å². The van der Waals surface area contributed by atoms with E-state index in [1.165, 1.54) is 0 Å². The molecule has 33 heavy (non-hydrogen) atoms. The Hall–Kier alpha value is -3.56. The van der Waals surface area contributed by atoms with Gasteiger partial charge in [0.15, 0.2) is 0 Å². The van der Waals surface area contributed by atoms with E-state index in [2.05, 4.69) is 16.6 Å². The van der Waals surface area contributed by atoms with Gasteiger partial charge in [0.1, 0.15) is 24.2 Å². The number of aliphatic hydroxyl groups excluding tert-OH is 1. The lowest BCUT2D eigenvalue weighted by atomic mass is 9.99. The predicted octanol–water partition coefficient (Wildman–Crippen LogP) is 1.86. The Balaban J connectivity index is 3.39. The van der Waals surface area contributed by atoms with Gasteiger partial charge in [0.25, 0.3) is 0 Å². The summed E-state index contributed by atoms with van der Waals surface area (Å²) in [5.74, 6) is 1.12. The van der Waals surface area contributed by atoms with E-state index >= 15 is 0 Å². The van der Waals surface area contributed by atoms with Crippen molar-refractivity contribution in [3.63, 3.8) is 0 Å². The van der Waals surface area contributed by atoms with Gasteiger partial charge >= 0.3 is 6.09 Å². The minimum Gasteiger partial charge on any atom is -0.444 e. The summed E-state index contributed by atoms with van der Waals surface area (Å²) in [6, 6.07) is 5.65. The zero-order valence-electron chi connectivity index (χ0n) is 19.9. The number of ether oxygens (including phenoxy) is 1. The molecular formula is C24H32N4O5. The second-order valence-corrected chi connectivity index (χ2v) is 9.41. The molecule has 0 aliphatic rings. The van der Waals surface area contributed by atoms with Crippen LogP contribution in [0.1, 0.15) is 58.7 Å². The van der Waals surface area contributed by atoms with Crippen LogP contribution in [0.2, 0.25) is 0 Å². The van der Waals surface area contributed by atoms with Gasteiger partial charge in [0.05, 0.1) is 12.7 Å². The largest absolute Gasteiger partial charge is 0.444 e. The maximum atomic E-state index is 13.3. The molecule has 0 aliphatic carbocycles. The molecule has 1 aromatic rings. The summed E-state index contributed by atoms with van der Waals surface area (Å²) < 4.78 is 5.15. The number of aliphatic hydroxyl groups is 1. The van der Waals surface area contributed by atoms with Crippen molar-refractivity contribution in [2.24, 2.45) is 0 Å². The smallest absolute Gasteiger partial charge is 0.408 e. The molecule has 178 valence electrons. The van der Waals surface area contributed by atoms with Gasteiger partial charge in [0.2, 0.25) is 11.8 Å². The molecule has 0 bridgehead atoms. The lowest BCUT2D eigenvalue weighted by Crippen LogP contribution is -2.55. The first-order chi connectivity index (χ1) is 15.2. The Morgan fingerprint density at radius 3 is 2.15 bits per heavy atom. The van der Waals surface area contributed by atoms with E-state index in [4.69, 9.17) is 11.2 Å². The number of nitrogens with one attached hydrogen (secondary N) is 2. The second kappa shape index (κ2) is 11.3. The molecule has 0 fully saturated rings. The summed E-state index contributed by atoms with van der Waals surface area (Å²) >= 11 is 0. The molecule has 2 unspecified atom stereocenters. The van der Waals surface area contributed by atoms with E-state index in [9.17, 15) is 24.8 Å². The molecule has 9 nitrogen and oxygen atoms in total. The van der Waals surface area contributed by atoms with Crippen LogP contribution in [0.3, 0.4) is 0 Å². The molecule has 0 saturated carbocycles. The van der Waals surface area contributed by atoms with Crippen LogP contribution in [0, 0.1) is 23.7 Å². The number of carbonyl (C=O) groups is 3. The zero-order valence-corrected chi connectivity index (χ0v) is 19.9. The average molecular weight is 457 g/mol. The summed E-state index contributed by atoms with van der Waals surface area (Å²) in [6.07, 6.45) is 4.49. The SMILES string of the molecule is C#Cc1ccc(C(C(=O)NC(C)(C)C)N(CC#N)C(=O)C(CO)NC(=O)OC(C)(C)C)cc1. The van der Waals surface area contributed by atoms with Gasteiger partial charge in [-0.3, -0.25) is 9.59 Å². The number of benzene rings is 1. The first kappa shape index (κ1) is 27.5. The molecule has 0 aliphatic heterocycles. The highest BCUT2D eigenvalue weighted by molar-refractivity contribution is 5.92. The van der Waals surface area contributed by atoms with Gasteiger partial charge in [-0.15, -0.1) is 6.42 Å². The van der Waals surface area contributed by atoms with Crippen LogP contribution < -0.4 is 10.6 Å². The molecule has 9 heteroatoms. The number of nitrogens with zero attached hydrogens (tertiary/aromatic N) is 2. The molecule has 0 spiro atoms. The fraction of sp³-hybridized carbons (Fsp3) is 0.500.